The summed E-state index contributed by atoms with van der Waals surface area (Å²) in [5.41, 5.74) is -0.967. The fourth-order valence-corrected chi connectivity index (χ4v) is 3.28. The molecule has 0 N–H and O–H groups in total. The van der Waals surface area contributed by atoms with Gasteiger partial charge in [0.2, 0.25) is 5.67 Å². The lowest BCUT2D eigenvalue weighted by Gasteiger charge is -2.21. The zero-order valence-electron chi connectivity index (χ0n) is 13.0. The van der Waals surface area contributed by atoms with Crippen LogP contribution in [0.25, 0.3) is 5.65 Å². The van der Waals surface area contributed by atoms with Crippen LogP contribution in [-0.4, -0.2) is 43.0 Å². The standard InChI is InChI=1S/C15H16FN7O/c16-15(14-18-13(21-24-14)10-2-1-3-10)6-7-22(8-15)12-5-4-11-19-17-9-23(11)20-12/h4-5,9-10H,1-3,6-8H2. The molecule has 1 unspecified atom stereocenters. The van der Waals surface area contributed by atoms with Gasteiger partial charge in [-0.2, -0.15) is 9.50 Å². The minimum atomic E-state index is -1.63. The number of hydrogen-bond donors (Lipinski definition) is 0. The first kappa shape index (κ1) is 13.8. The Morgan fingerprint density at radius 1 is 1.29 bits per heavy atom. The van der Waals surface area contributed by atoms with Crippen molar-refractivity contribution < 1.29 is 8.91 Å². The van der Waals surface area contributed by atoms with E-state index in [0.29, 0.717) is 36.2 Å². The second kappa shape index (κ2) is 4.96. The molecule has 0 bridgehead atoms. The van der Waals surface area contributed by atoms with Crippen LogP contribution in [0.2, 0.25) is 0 Å². The van der Waals surface area contributed by atoms with Gasteiger partial charge in [-0.15, -0.1) is 15.3 Å². The van der Waals surface area contributed by atoms with E-state index in [-0.39, 0.29) is 12.4 Å². The summed E-state index contributed by atoms with van der Waals surface area (Å²) in [6, 6.07) is 3.64. The van der Waals surface area contributed by atoms with Gasteiger partial charge in [0.25, 0.3) is 5.89 Å². The van der Waals surface area contributed by atoms with E-state index in [1.165, 1.54) is 12.7 Å². The quantitative estimate of drug-likeness (QED) is 0.725. The Labute approximate surface area is 136 Å². The molecular weight excluding hydrogens is 313 g/mol. The van der Waals surface area contributed by atoms with E-state index < -0.39 is 5.67 Å². The molecule has 2 fully saturated rings. The zero-order chi connectivity index (χ0) is 16.1. The van der Waals surface area contributed by atoms with Crippen molar-refractivity contribution >= 4 is 11.5 Å². The van der Waals surface area contributed by atoms with E-state index in [1.54, 1.807) is 4.52 Å². The lowest BCUT2D eigenvalue weighted by atomic mass is 9.85. The van der Waals surface area contributed by atoms with Crippen molar-refractivity contribution in [2.75, 3.05) is 18.0 Å². The molecule has 3 aromatic heterocycles. The van der Waals surface area contributed by atoms with Gasteiger partial charge in [0.05, 0.1) is 6.54 Å². The van der Waals surface area contributed by atoms with Gasteiger partial charge in [0.1, 0.15) is 12.1 Å². The van der Waals surface area contributed by atoms with Crippen molar-refractivity contribution in [3.63, 3.8) is 0 Å². The molecule has 5 rings (SSSR count). The average Bonchev–Trinajstić information content (AvgIpc) is 3.23. The summed E-state index contributed by atoms with van der Waals surface area (Å²) in [6.07, 6.45) is 5.14. The number of anilines is 1. The predicted molar refractivity (Wildman–Crippen MR) is 81.3 cm³/mol. The highest BCUT2D eigenvalue weighted by Gasteiger charge is 2.46. The highest BCUT2D eigenvalue weighted by Crippen LogP contribution is 2.39. The Hall–Kier alpha value is -2.58. The Morgan fingerprint density at radius 3 is 3.04 bits per heavy atom. The van der Waals surface area contributed by atoms with Crippen LogP contribution in [0.4, 0.5) is 10.2 Å². The molecule has 124 valence electrons. The number of aromatic nitrogens is 6. The van der Waals surface area contributed by atoms with Crippen molar-refractivity contribution in [1.29, 1.82) is 0 Å². The number of nitrogens with zero attached hydrogens (tertiary/aromatic N) is 7. The van der Waals surface area contributed by atoms with E-state index in [0.717, 1.165) is 12.8 Å². The molecule has 1 aliphatic heterocycles. The van der Waals surface area contributed by atoms with Crippen molar-refractivity contribution in [2.24, 2.45) is 0 Å². The third-order valence-corrected chi connectivity index (χ3v) is 4.99. The van der Waals surface area contributed by atoms with Crippen molar-refractivity contribution in [2.45, 2.75) is 37.3 Å². The Morgan fingerprint density at radius 2 is 2.21 bits per heavy atom. The molecule has 24 heavy (non-hydrogen) atoms. The van der Waals surface area contributed by atoms with Crippen molar-refractivity contribution in [1.82, 2.24) is 30.0 Å². The van der Waals surface area contributed by atoms with E-state index in [4.69, 9.17) is 4.52 Å². The van der Waals surface area contributed by atoms with Crippen LogP contribution in [0.15, 0.2) is 23.0 Å². The number of hydrogen-bond acceptors (Lipinski definition) is 7. The second-order valence-electron chi connectivity index (χ2n) is 6.55. The van der Waals surface area contributed by atoms with Crippen LogP contribution < -0.4 is 4.90 Å². The van der Waals surface area contributed by atoms with E-state index in [9.17, 15) is 0 Å². The smallest absolute Gasteiger partial charge is 0.266 e. The summed E-state index contributed by atoms with van der Waals surface area (Å²) in [6.45, 7) is 0.693. The lowest BCUT2D eigenvalue weighted by Crippen LogP contribution is -2.28. The first-order valence-electron chi connectivity index (χ1n) is 8.16. The minimum absolute atomic E-state index is 0.0947. The predicted octanol–water partition coefficient (Wildman–Crippen LogP) is 1.85. The summed E-state index contributed by atoms with van der Waals surface area (Å²) in [4.78, 5) is 6.21. The van der Waals surface area contributed by atoms with E-state index >= 15 is 4.39 Å². The van der Waals surface area contributed by atoms with Gasteiger partial charge in [-0.3, -0.25) is 0 Å². The van der Waals surface area contributed by atoms with Gasteiger partial charge < -0.3 is 9.42 Å². The molecule has 9 heteroatoms. The van der Waals surface area contributed by atoms with Crippen molar-refractivity contribution in [3.05, 3.63) is 30.2 Å². The molecule has 2 aliphatic rings. The maximum Gasteiger partial charge on any atom is 0.266 e. The van der Waals surface area contributed by atoms with Crippen LogP contribution in [0, 0.1) is 0 Å². The number of alkyl halides is 1. The number of fused-ring (bicyclic) bond motifs is 1. The van der Waals surface area contributed by atoms with Gasteiger partial charge >= 0.3 is 0 Å². The topological polar surface area (TPSA) is 85.2 Å². The summed E-state index contributed by atoms with van der Waals surface area (Å²) in [7, 11) is 0. The highest BCUT2D eigenvalue weighted by molar-refractivity contribution is 5.46. The monoisotopic (exact) mass is 329 g/mol. The molecular formula is C15H16FN7O. The summed E-state index contributed by atoms with van der Waals surface area (Å²) in [5.74, 6) is 1.76. The zero-order valence-corrected chi connectivity index (χ0v) is 13.0. The minimum Gasteiger partial charge on any atom is -0.351 e. The van der Waals surface area contributed by atoms with Gasteiger partial charge in [0.15, 0.2) is 11.5 Å². The molecule has 1 saturated carbocycles. The molecule has 8 nitrogen and oxygen atoms in total. The largest absolute Gasteiger partial charge is 0.351 e. The molecule has 1 saturated heterocycles. The number of rotatable bonds is 3. The van der Waals surface area contributed by atoms with E-state index in [2.05, 4.69) is 25.4 Å². The number of halogens is 1. The Bertz CT molecular complexity index is 889. The van der Waals surface area contributed by atoms with Crippen LogP contribution in [0.3, 0.4) is 0 Å². The first-order chi connectivity index (χ1) is 11.7. The molecule has 0 spiro atoms. The molecule has 3 aromatic rings. The van der Waals surface area contributed by atoms with E-state index in [1.807, 2.05) is 17.0 Å². The fourth-order valence-electron chi connectivity index (χ4n) is 3.28. The van der Waals surface area contributed by atoms with Crippen molar-refractivity contribution in [3.8, 4) is 0 Å². The summed E-state index contributed by atoms with van der Waals surface area (Å²) >= 11 is 0. The molecule has 1 atom stereocenters. The average molecular weight is 329 g/mol. The van der Waals surface area contributed by atoms with Crippen LogP contribution in [0.5, 0.6) is 0 Å². The second-order valence-corrected chi connectivity index (χ2v) is 6.55. The summed E-state index contributed by atoms with van der Waals surface area (Å²) < 4.78 is 22.2. The van der Waals surface area contributed by atoms with Crippen LogP contribution in [0.1, 0.15) is 43.3 Å². The van der Waals surface area contributed by atoms with Gasteiger partial charge in [-0.05, 0) is 25.0 Å². The maximum atomic E-state index is 15.3. The first-order valence-corrected chi connectivity index (χ1v) is 8.16. The third kappa shape index (κ3) is 2.07. The third-order valence-electron chi connectivity index (χ3n) is 4.99. The molecule has 0 amide bonds. The fraction of sp³-hybridized carbons (Fsp3) is 0.533. The normalized spacial score (nSPS) is 24.6. The highest BCUT2D eigenvalue weighted by atomic mass is 19.1. The Balaban J connectivity index is 1.39. The molecule has 4 heterocycles. The lowest BCUT2D eigenvalue weighted by molar-refractivity contribution is 0.135. The van der Waals surface area contributed by atoms with Gasteiger partial charge in [-0.25, -0.2) is 4.39 Å². The SMILES string of the molecule is FC1(c2nc(C3CCC3)no2)CCN(c2ccc3nncn3n2)C1. The summed E-state index contributed by atoms with van der Waals surface area (Å²) in [5, 5.41) is 16.1. The molecule has 1 aliphatic carbocycles. The molecule has 0 aromatic carbocycles. The van der Waals surface area contributed by atoms with Crippen LogP contribution in [-0.2, 0) is 5.67 Å². The van der Waals surface area contributed by atoms with Gasteiger partial charge in [0, 0.05) is 18.9 Å². The molecule has 0 radical (unpaired) electrons. The Kier molecular flexibility index (Phi) is 2.85. The maximum absolute atomic E-state index is 15.3. The van der Waals surface area contributed by atoms with Gasteiger partial charge in [-0.1, -0.05) is 11.6 Å². The van der Waals surface area contributed by atoms with Crippen LogP contribution >= 0.6 is 0 Å².